The van der Waals surface area contributed by atoms with E-state index in [1.807, 2.05) is 11.9 Å². The van der Waals surface area contributed by atoms with Crippen molar-refractivity contribution in [3.8, 4) is 0 Å². The van der Waals surface area contributed by atoms with Crippen LogP contribution in [0.1, 0.15) is 32.6 Å². The van der Waals surface area contributed by atoms with E-state index in [-0.39, 0.29) is 5.91 Å². The molecule has 0 aromatic rings. The molecule has 2 N–H and O–H groups in total. The smallest absolute Gasteiger partial charge is 0.235 e. The highest BCUT2D eigenvalue weighted by molar-refractivity contribution is 7.80. The number of nitrogens with zero attached hydrogens (tertiary/aromatic N) is 2. The molecule has 2 aliphatic rings. The Bertz CT molecular complexity index is 360. The van der Waals surface area contributed by atoms with Crippen molar-refractivity contribution < 1.29 is 4.79 Å². The van der Waals surface area contributed by atoms with Gasteiger partial charge in [-0.15, -0.1) is 0 Å². The SMILES string of the molecule is CC1CC(C(=O)N(C)CCN2CCCC2)(C(N)=S)C1. The van der Waals surface area contributed by atoms with Crippen molar-refractivity contribution in [1.82, 2.24) is 9.80 Å². The standard InChI is InChI=1S/C14H25N3OS/c1-11-9-14(10-11,12(15)19)13(18)16(2)7-8-17-5-3-4-6-17/h11H,3-10H2,1-2H3,(H2,15,19). The molecule has 5 heteroatoms. The zero-order valence-electron chi connectivity index (χ0n) is 12.0. The number of nitrogens with two attached hydrogens (primary N) is 1. The molecule has 0 bridgehead atoms. The van der Waals surface area contributed by atoms with Crippen LogP contribution >= 0.6 is 12.2 Å². The summed E-state index contributed by atoms with van der Waals surface area (Å²) in [5, 5.41) is 0. The molecule has 0 unspecified atom stereocenters. The first-order valence-corrected chi connectivity index (χ1v) is 7.64. The van der Waals surface area contributed by atoms with Gasteiger partial charge in [0.25, 0.3) is 0 Å². The molecule has 1 heterocycles. The number of hydrogen-bond donors (Lipinski definition) is 1. The third-order valence-corrected chi connectivity index (χ3v) is 4.96. The van der Waals surface area contributed by atoms with E-state index in [1.54, 1.807) is 0 Å². The summed E-state index contributed by atoms with van der Waals surface area (Å²) in [4.78, 5) is 17.2. The predicted molar refractivity (Wildman–Crippen MR) is 80.9 cm³/mol. The predicted octanol–water partition coefficient (Wildman–Crippen LogP) is 1.24. The molecule has 1 amide bonds. The van der Waals surface area contributed by atoms with Crippen LogP contribution in [0, 0.1) is 11.3 Å². The normalized spacial score (nSPS) is 30.9. The maximum absolute atomic E-state index is 12.6. The molecular formula is C14H25N3OS. The number of carbonyl (C=O) groups is 1. The van der Waals surface area contributed by atoms with Gasteiger partial charge in [-0.25, -0.2) is 0 Å². The van der Waals surface area contributed by atoms with Crippen molar-refractivity contribution in [1.29, 1.82) is 0 Å². The Morgan fingerprint density at radius 2 is 2.00 bits per heavy atom. The van der Waals surface area contributed by atoms with Gasteiger partial charge in [0.2, 0.25) is 5.91 Å². The van der Waals surface area contributed by atoms with Gasteiger partial charge < -0.3 is 15.5 Å². The minimum atomic E-state index is -0.547. The Morgan fingerprint density at radius 3 is 2.47 bits per heavy atom. The summed E-state index contributed by atoms with van der Waals surface area (Å²) >= 11 is 5.14. The van der Waals surface area contributed by atoms with E-state index in [9.17, 15) is 4.79 Å². The molecule has 2 rings (SSSR count). The highest BCUT2D eigenvalue weighted by Crippen LogP contribution is 2.46. The van der Waals surface area contributed by atoms with Gasteiger partial charge >= 0.3 is 0 Å². The summed E-state index contributed by atoms with van der Waals surface area (Å²) in [6.07, 6.45) is 4.20. The zero-order chi connectivity index (χ0) is 14.0. The van der Waals surface area contributed by atoms with Crippen molar-refractivity contribution >= 4 is 23.1 Å². The van der Waals surface area contributed by atoms with Gasteiger partial charge in [-0.05, 0) is 44.7 Å². The van der Waals surface area contributed by atoms with Crippen LogP contribution in [0.3, 0.4) is 0 Å². The molecule has 0 aromatic heterocycles. The molecule has 1 aliphatic heterocycles. The molecule has 1 saturated carbocycles. The average Bonchev–Trinajstić information content (AvgIpc) is 2.83. The molecule has 0 aromatic carbocycles. The van der Waals surface area contributed by atoms with Gasteiger partial charge in [-0.3, -0.25) is 4.79 Å². The summed E-state index contributed by atoms with van der Waals surface area (Å²) in [6.45, 7) is 6.22. The van der Waals surface area contributed by atoms with Gasteiger partial charge in [-0.2, -0.15) is 0 Å². The Hall–Kier alpha value is -0.680. The van der Waals surface area contributed by atoms with E-state index < -0.39 is 5.41 Å². The van der Waals surface area contributed by atoms with Gasteiger partial charge in [-0.1, -0.05) is 19.1 Å². The highest BCUT2D eigenvalue weighted by Gasteiger charge is 2.51. The van der Waals surface area contributed by atoms with Crippen LogP contribution in [0.2, 0.25) is 0 Å². The maximum atomic E-state index is 12.6. The Balaban J connectivity index is 1.88. The molecule has 108 valence electrons. The lowest BCUT2D eigenvalue weighted by Crippen LogP contribution is -2.56. The summed E-state index contributed by atoms with van der Waals surface area (Å²) in [6, 6.07) is 0. The second-order valence-electron chi connectivity index (χ2n) is 6.24. The second kappa shape index (κ2) is 5.75. The molecule has 19 heavy (non-hydrogen) atoms. The van der Waals surface area contributed by atoms with Crippen LogP contribution in [-0.4, -0.2) is 53.9 Å². The highest BCUT2D eigenvalue weighted by atomic mass is 32.1. The van der Waals surface area contributed by atoms with Gasteiger partial charge in [0, 0.05) is 20.1 Å². The lowest BCUT2D eigenvalue weighted by Gasteiger charge is -2.46. The average molecular weight is 283 g/mol. The van der Waals surface area contributed by atoms with Crippen molar-refractivity contribution in [2.45, 2.75) is 32.6 Å². The van der Waals surface area contributed by atoms with Gasteiger partial charge in [0.05, 0.1) is 10.4 Å². The summed E-state index contributed by atoms with van der Waals surface area (Å²) in [5.74, 6) is 0.676. The van der Waals surface area contributed by atoms with Crippen LogP contribution in [0.15, 0.2) is 0 Å². The fourth-order valence-electron chi connectivity index (χ4n) is 3.38. The molecule has 2 fully saturated rings. The van der Waals surface area contributed by atoms with E-state index in [0.717, 1.165) is 25.9 Å². The fraction of sp³-hybridized carbons (Fsp3) is 0.857. The molecule has 1 aliphatic carbocycles. The number of amides is 1. The third kappa shape index (κ3) is 2.92. The Labute approximate surface area is 121 Å². The molecule has 0 spiro atoms. The van der Waals surface area contributed by atoms with Crippen LogP contribution < -0.4 is 5.73 Å². The maximum Gasteiger partial charge on any atom is 0.235 e. The first-order chi connectivity index (χ1) is 8.95. The summed E-state index contributed by atoms with van der Waals surface area (Å²) < 4.78 is 0. The minimum Gasteiger partial charge on any atom is -0.392 e. The second-order valence-corrected chi connectivity index (χ2v) is 6.68. The number of carbonyl (C=O) groups excluding carboxylic acids is 1. The molecule has 0 radical (unpaired) electrons. The fourth-order valence-corrected chi connectivity index (χ4v) is 3.63. The summed E-state index contributed by atoms with van der Waals surface area (Å²) in [7, 11) is 1.88. The van der Waals surface area contributed by atoms with Gasteiger partial charge in [0.1, 0.15) is 0 Å². The van der Waals surface area contributed by atoms with E-state index in [2.05, 4.69) is 11.8 Å². The van der Waals surface area contributed by atoms with Crippen LogP contribution in [0.4, 0.5) is 0 Å². The van der Waals surface area contributed by atoms with Gasteiger partial charge in [0.15, 0.2) is 0 Å². The van der Waals surface area contributed by atoms with Crippen molar-refractivity contribution in [2.24, 2.45) is 17.1 Å². The van der Waals surface area contributed by atoms with Crippen molar-refractivity contribution in [3.05, 3.63) is 0 Å². The molecular weight excluding hydrogens is 258 g/mol. The minimum absolute atomic E-state index is 0.122. The largest absolute Gasteiger partial charge is 0.392 e. The zero-order valence-corrected chi connectivity index (χ0v) is 12.8. The van der Waals surface area contributed by atoms with E-state index in [0.29, 0.717) is 10.9 Å². The quantitative estimate of drug-likeness (QED) is 0.771. The van der Waals surface area contributed by atoms with E-state index in [4.69, 9.17) is 18.0 Å². The van der Waals surface area contributed by atoms with Crippen molar-refractivity contribution in [2.75, 3.05) is 33.2 Å². The number of likely N-dealkylation sites (tertiary alicyclic amines) is 1. The molecule has 0 atom stereocenters. The summed E-state index contributed by atoms with van der Waals surface area (Å²) in [5.41, 5.74) is 5.28. The number of hydrogen-bond acceptors (Lipinski definition) is 3. The first-order valence-electron chi connectivity index (χ1n) is 7.23. The first kappa shape index (κ1) is 14.7. The van der Waals surface area contributed by atoms with E-state index in [1.165, 1.54) is 25.9 Å². The van der Waals surface area contributed by atoms with Crippen molar-refractivity contribution in [3.63, 3.8) is 0 Å². The topological polar surface area (TPSA) is 49.6 Å². The van der Waals surface area contributed by atoms with E-state index >= 15 is 0 Å². The Kier molecular flexibility index (Phi) is 4.46. The lowest BCUT2D eigenvalue weighted by molar-refractivity contribution is -0.142. The molecule has 4 nitrogen and oxygen atoms in total. The third-order valence-electron chi connectivity index (χ3n) is 4.57. The van der Waals surface area contributed by atoms with Crippen LogP contribution in [0.5, 0.6) is 0 Å². The Morgan fingerprint density at radius 1 is 1.42 bits per heavy atom. The lowest BCUT2D eigenvalue weighted by atomic mass is 9.61. The number of rotatable bonds is 5. The monoisotopic (exact) mass is 283 g/mol. The van der Waals surface area contributed by atoms with Crippen LogP contribution in [-0.2, 0) is 4.79 Å². The number of likely N-dealkylation sites (N-methyl/N-ethyl adjacent to an activating group) is 1. The van der Waals surface area contributed by atoms with Crippen LogP contribution in [0.25, 0.3) is 0 Å². The number of thiocarbonyl (C=S) groups is 1. The molecule has 1 saturated heterocycles.